The summed E-state index contributed by atoms with van der Waals surface area (Å²) in [7, 11) is 0. The highest BCUT2D eigenvalue weighted by atomic mass is 35.6. The van der Waals surface area contributed by atoms with Crippen LogP contribution in [0.3, 0.4) is 0 Å². The number of hydrogen-bond acceptors (Lipinski definition) is 8. The fraction of sp³-hybridized carbons (Fsp3) is 0.474. The summed E-state index contributed by atoms with van der Waals surface area (Å²) in [5, 5.41) is 2.54. The summed E-state index contributed by atoms with van der Waals surface area (Å²) in [6.45, 7) is 2.72. The van der Waals surface area contributed by atoms with Gasteiger partial charge in [0.15, 0.2) is 17.8 Å². The first-order valence-corrected chi connectivity index (χ1v) is 11.9. The van der Waals surface area contributed by atoms with E-state index >= 15 is 0 Å². The molecule has 1 aromatic carbocycles. The Morgan fingerprint density at radius 2 is 1.48 bits per heavy atom. The normalized spacial score (nSPS) is 16.9. The van der Waals surface area contributed by atoms with Crippen molar-refractivity contribution in [1.82, 2.24) is 10.0 Å². The van der Waals surface area contributed by atoms with Gasteiger partial charge in [-0.25, -0.2) is 9.98 Å². The van der Waals surface area contributed by atoms with Crippen LogP contribution in [0, 0.1) is 0 Å². The number of ether oxygens (including phenoxy) is 2. The van der Waals surface area contributed by atoms with Crippen LogP contribution in [0.15, 0.2) is 40.3 Å². The van der Waals surface area contributed by atoms with E-state index in [1.54, 1.807) is 44.2 Å². The third-order valence-electron chi connectivity index (χ3n) is 4.02. The van der Waals surface area contributed by atoms with Crippen molar-refractivity contribution in [3.63, 3.8) is 0 Å². The molecule has 1 heterocycles. The fourth-order valence-electron chi connectivity index (χ4n) is 2.81. The van der Waals surface area contributed by atoms with Crippen molar-refractivity contribution in [3.05, 3.63) is 35.9 Å². The van der Waals surface area contributed by atoms with E-state index in [2.05, 4.69) is 9.98 Å². The van der Waals surface area contributed by atoms with Crippen LogP contribution in [-0.2, 0) is 19.1 Å². The van der Waals surface area contributed by atoms with Crippen molar-refractivity contribution >= 4 is 93.2 Å². The molecule has 0 aromatic heterocycles. The maximum atomic E-state index is 12.4. The van der Waals surface area contributed by atoms with Crippen LogP contribution < -0.4 is 0 Å². The van der Waals surface area contributed by atoms with Gasteiger partial charge in [-0.3, -0.25) is 14.6 Å². The Morgan fingerprint density at radius 3 is 1.91 bits per heavy atom. The third-order valence-corrected chi connectivity index (χ3v) is 5.11. The number of rotatable bonds is 8. The minimum Gasteiger partial charge on any atom is -0.465 e. The molecule has 1 unspecified atom stereocenters. The van der Waals surface area contributed by atoms with E-state index in [9.17, 15) is 9.59 Å². The average molecular weight is 581 g/mol. The highest BCUT2D eigenvalue weighted by Gasteiger charge is 2.47. The molecule has 1 aliphatic rings. The number of amidine groups is 2. The molecule has 1 aromatic rings. The van der Waals surface area contributed by atoms with Crippen LogP contribution in [0.2, 0.25) is 0 Å². The number of carbonyl (C=O) groups excluding carboxylic acids is 2. The first-order valence-electron chi connectivity index (χ1n) is 9.59. The zero-order valence-corrected chi connectivity index (χ0v) is 22.0. The summed E-state index contributed by atoms with van der Waals surface area (Å²) in [5.74, 6) is -1.41. The predicted molar refractivity (Wildman–Crippen MR) is 131 cm³/mol. The van der Waals surface area contributed by atoms with Crippen molar-refractivity contribution in [2.45, 2.75) is 27.6 Å². The SMILES string of the molecule is CCOC(=O)CN(CC(=O)OCC)N1C(c2ccccc2)=NC(C(Cl)(Cl)Cl)=NC1C(Cl)(Cl)Cl. The van der Waals surface area contributed by atoms with Crippen molar-refractivity contribution < 1.29 is 19.1 Å². The summed E-state index contributed by atoms with van der Waals surface area (Å²) in [5.41, 5.74) is 0.510. The van der Waals surface area contributed by atoms with Gasteiger partial charge in [0, 0.05) is 5.56 Å². The van der Waals surface area contributed by atoms with Gasteiger partial charge in [0.2, 0.25) is 7.59 Å². The first-order chi connectivity index (χ1) is 15.4. The highest BCUT2D eigenvalue weighted by Crippen LogP contribution is 2.40. The minimum atomic E-state index is -2.10. The smallest absolute Gasteiger partial charge is 0.322 e. The lowest BCUT2D eigenvalue weighted by Crippen LogP contribution is -2.60. The molecule has 33 heavy (non-hydrogen) atoms. The Hall–Kier alpha value is -1.000. The van der Waals surface area contributed by atoms with Crippen molar-refractivity contribution in [1.29, 1.82) is 0 Å². The number of esters is 2. The lowest BCUT2D eigenvalue weighted by atomic mass is 10.2. The molecule has 0 saturated heterocycles. The van der Waals surface area contributed by atoms with Crippen molar-refractivity contribution in [2.75, 3.05) is 26.3 Å². The fourth-order valence-corrected chi connectivity index (χ4v) is 3.50. The molecule has 14 heteroatoms. The molecule has 8 nitrogen and oxygen atoms in total. The number of alkyl halides is 6. The molecule has 0 bridgehead atoms. The number of carbonyl (C=O) groups is 2. The number of hydrazine groups is 1. The standard InChI is InChI=1S/C19H20Cl6N4O4/c1-3-32-13(30)10-28(11-14(31)33-4-2)29-15(12-8-6-5-7-9-12)26-16(18(20,21)22)27-17(29)19(23,24)25/h5-9,17H,3-4,10-11H2,1-2H3. The zero-order valence-electron chi connectivity index (χ0n) is 17.5. The minimum absolute atomic E-state index is 0.120. The van der Waals surface area contributed by atoms with E-state index in [0.717, 1.165) is 0 Å². The Morgan fingerprint density at radius 1 is 0.970 bits per heavy atom. The molecule has 182 valence electrons. The molecule has 0 amide bonds. The largest absolute Gasteiger partial charge is 0.465 e. The number of benzene rings is 1. The summed E-state index contributed by atoms with van der Waals surface area (Å²) in [6, 6.07) is 8.66. The van der Waals surface area contributed by atoms with E-state index in [4.69, 9.17) is 79.1 Å². The molecule has 2 rings (SSSR count). The summed E-state index contributed by atoms with van der Waals surface area (Å²) in [4.78, 5) is 33.4. The van der Waals surface area contributed by atoms with Gasteiger partial charge in [-0.1, -0.05) is 99.9 Å². The van der Waals surface area contributed by atoms with Crippen LogP contribution in [0.25, 0.3) is 0 Å². The molecule has 0 saturated carbocycles. The molecular formula is C19H20Cl6N4O4. The second-order valence-electron chi connectivity index (χ2n) is 6.44. The maximum Gasteiger partial charge on any atom is 0.322 e. The van der Waals surface area contributed by atoms with Crippen LogP contribution in [-0.4, -0.2) is 73.7 Å². The Balaban J connectivity index is 2.68. The van der Waals surface area contributed by atoms with Crippen molar-refractivity contribution in [2.24, 2.45) is 9.98 Å². The Bertz CT molecular complexity index is 882. The Kier molecular flexibility index (Phi) is 10.4. The van der Waals surface area contributed by atoms with Gasteiger partial charge in [-0.15, -0.1) is 0 Å². The quantitative estimate of drug-likeness (QED) is 0.331. The average Bonchev–Trinajstić information content (AvgIpc) is 2.72. The van der Waals surface area contributed by atoms with Gasteiger partial charge in [-0.2, -0.15) is 5.01 Å². The molecule has 1 atom stereocenters. The van der Waals surface area contributed by atoms with E-state index in [1.807, 2.05) is 0 Å². The summed E-state index contributed by atoms with van der Waals surface area (Å²) >= 11 is 36.9. The van der Waals surface area contributed by atoms with Crippen LogP contribution in [0.4, 0.5) is 0 Å². The first kappa shape index (κ1) is 28.2. The molecular weight excluding hydrogens is 561 g/mol. The van der Waals surface area contributed by atoms with Crippen molar-refractivity contribution in [3.8, 4) is 0 Å². The van der Waals surface area contributed by atoms with Gasteiger partial charge in [0.25, 0.3) is 0 Å². The van der Waals surface area contributed by atoms with E-state index < -0.39 is 38.8 Å². The van der Waals surface area contributed by atoms with Crippen LogP contribution >= 0.6 is 69.6 Å². The maximum absolute atomic E-state index is 12.4. The second-order valence-corrected chi connectivity index (χ2v) is 11.1. The third kappa shape index (κ3) is 8.02. The van der Waals surface area contributed by atoms with E-state index in [-0.39, 0.29) is 24.9 Å². The molecule has 1 aliphatic heterocycles. The molecule has 0 radical (unpaired) electrons. The number of aliphatic imine (C=N–C) groups is 2. The predicted octanol–water partition coefficient (Wildman–Crippen LogP) is 4.56. The molecule has 0 N–H and O–H groups in total. The van der Waals surface area contributed by atoms with Gasteiger partial charge in [0.05, 0.1) is 13.2 Å². The lowest BCUT2D eigenvalue weighted by molar-refractivity contribution is -0.155. The number of hydrogen-bond donors (Lipinski definition) is 0. The molecule has 0 spiro atoms. The topological polar surface area (TPSA) is 83.8 Å². The number of nitrogens with zero attached hydrogens (tertiary/aromatic N) is 4. The molecule has 0 aliphatic carbocycles. The van der Waals surface area contributed by atoms with Gasteiger partial charge >= 0.3 is 11.9 Å². The summed E-state index contributed by atoms with van der Waals surface area (Å²) < 4.78 is 5.94. The molecule has 0 fully saturated rings. The van der Waals surface area contributed by atoms with Crippen LogP contribution in [0.5, 0.6) is 0 Å². The number of halogens is 6. The monoisotopic (exact) mass is 578 g/mol. The van der Waals surface area contributed by atoms with Gasteiger partial charge in [-0.05, 0) is 13.8 Å². The highest BCUT2D eigenvalue weighted by molar-refractivity contribution is 6.77. The van der Waals surface area contributed by atoms with Crippen LogP contribution in [0.1, 0.15) is 19.4 Å². The van der Waals surface area contributed by atoms with E-state index in [0.29, 0.717) is 5.56 Å². The van der Waals surface area contributed by atoms with E-state index in [1.165, 1.54) is 10.0 Å². The lowest BCUT2D eigenvalue weighted by Gasteiger charge is -2.44. The van der Waals surface area contributed by atoms with Gasteiger partial charge < -0.3 is 9.47 Å². The van der Waals surface area contributed by atoms with Gasteiger partial charge in [0.1, 0.15) is 13.1 Å². The Labute approximate surface area is 221 Å². The second kappa shape index (κ2) is 12.1. The summed E-state index contributed by atoms with van der Waals surface area (Å²) in [6.07, 6.45) is -1.37. The zero-order chi connectivity index (χ0) is 24.8.